The molecule has 2 aromatic carbocycles. The van der Waals surface area contributed by atoms with E-state index >= 15 is 0 Å². The van der Waals surface area contributed by atoms with Gasteiger partial charge in [-0.3, -0.25) is 4.79 Å². The number of ether oxygens (including phenoxy) is 1. The Kier molecular flexibility index (Phi) is 8.39. The van der Waals surface area contributed by atoms with Gasteiger partial charge in [0.2, 0.25) is 10.0 Å². The highest BCUT2D eigenvalue weighted by Crippen LogP contribution is 2.26. The summed E-state index contributed by atoms with van der Waals surface area (Å²) in [5.74, 6) is -0.454. The van der Waals surface area contributed by atoms with E-state index in [0.717, 1.165) is 0 Å². The molecule has 0 aliphatic heterocycles. The maximum atomic E-state index is 13.2. The number of anilines is 3. The number of carbonyl (C=O) groups is 1. The summed E-state index contributed by atoms with van der Waals surface area (Å²) < 4.78 is 33.2. The zero-order chi connectivity index (χ0) is 24.1. The van der Waals surface area contributed by atoms with Crippen LogP contribution in [0.4, 0.5) is 17.1 Å². The first-order valence-corrected chi connectivity index (χ1v) is 12.0. The number of esters is 1. The molecular formula is C22H31ClN4O4S. The second-order valence-electron chi connectivity index (χ2n) is 8.36. The van der Waals surface area contributed by atoms with Crippen LogP contribution >= 0.6 is 11.6 Å². The molecule has 0 radical (unpaired) electrons. The van der Waals surface area contributed by atoms with Gasteiger partial charge in [0.1, 0.15) is 10.5 Å². The Balaban J connectivity index is 2.33. The average Bonchev–Trinajstić information content (AvgIpc) is 2.67. The second-order valence-corrected chi connectivity index (χ2v) is 10.7. The largest absolute Gasteiger partial charge is 0.460 e. The summed E-state index contributed by atoms with van der Waals surface area (Å²) in [5, 5.41) is 3.54. The van der Waals surface area contributed by atoms with Crippen LogP contribution in [0.5, 0.6) is 0 Å². The normalized spacial score (nSPS) is 13.1. The first-order valence-electron chi connectivity index (χ1n) is 10.2. The number of nitrogen functional groups attached to an aromatic ring is 2. The number of rotatable bonds is 9. The third-order valence-electron chi connectivity index (χ3n) is 4.52. The molecule has 0 aliphatic carbocycles. The lowest BCUT2D eigenvalue weighted by Gasteiger charge is -2.28. The van der Waals surface area contributed by atoms with Gasteiger partial charge in [0.15, 0.2) is 0 Å². The SMILES string of the molecule is CCN(C[C@H](CC(=O)OC(C)(C)C)Nc1ccc(N)c(Cl)c1)S(=O)(=O)c1ccccc1N. The van der Waals surface area contributed by atoms with E-state index in [4.69, 9.17) is 27.8 Å². The quantitative estimate of drug-likeness (QED) is 0.367. The molecular weight excluding hydrogens is 452 g/mol. The molecule has 32 heavy (non-hydrogen) atoms. The number of hydrogen-bond acceptors (Lipinski definition) is 7. The van der Waals surface area contributed by atoms with Crippen molar-refractivity contribution < 1.29 is 17.9 Å². The Morgan fingerprint density at radius 2 is 1.81 bits per heavy atom. The van der Waals surface area contributed by atoms with Gasteiger partial charge < -0.3 is 21.5 Å². The Morgan fingerprint density at radius 1 is 1.16 bits per heavy atom. The summed E-state index contributed by atoms with van der Waals surface area (Å²) in [6.45, 7) is 7.23. The number of para-hydroxylation sites is 1. The lowest BCUT2D eigenvalue weighted by molar-refractivity contribution is -0.155. The van der Waals surface area contributed by atoms with E-state index in [1.165, 1.54) is 16.4 Å². The number of nitrogens with zero attached hydrogens (tertiary/aromatic N) is 1. The summed E-state index contributed by atoms with van der Waals surface area (Å²) in [4.78, 5) is 12.5. The topological polar surface area (TPSA) is 128 Å². The monoisotopic (exact) mass is 482 g/mol. The van der Waals surface area contributed by atoms with Gasteiger partial charge in [0.05, 0.1) is 28.9 Å². The number of nitrogens with two attached hydrogens (primary N) is 2. The van der Waals surface area contributed by atoms with E-state index in [2.05, 4.69) is 5.32 Å². The molecule has 5 N–H and O–H groups in total. The number of nitrogens with one attached hydrogen (secondary N) is 1. The summed E-state index contributed by atoms with van der Waals surface area (Å²) in [6.07, 6.45) is -0.0600. The Labute approximate surface area is 194 Å². The van der Waals surface area contributed by atoms with Crippen LogP contribution in [0, 0.1) is 0 Å². The van der Waals surface area contributed by atoms with Crippen molar-refractivity contribution in [1.82, 2.24) is 4.31 Å². The van der Waals surface area contributed by atoms with E-state index < -0.39 is 27.6 Å². The molecule has 0 fully saturated rings. The van der Waals surface area contributed by atoms with Crippen molar-refractivity contribution in [2.45, 2.75) is 50.7 Å². The molecule has 0 aliphatic rings. The van der Waals surface area contributed by atoms with E-state index in [1.54, 1.807) is 58.0 Å². The number of sulfonamides is 1. The number of hydrogen-bond donors (Lipinski definition) is 3. The molecule has 1 atom stereocenters. The Morgan fingerprint density at radius 3 is 2.38 bits per heavy atom. The zero-order valence-corrected chi connectivity index (χ0v) is 20.3. The molecule has 0 aromatic heterocycles. The minimum atomic E-state index is -3.88. The fourth-order valence-electron chi connectivity index (χ4n) is 3.10. The minimum absolute atomic E-state index is 0.00834. The second kappa shape index (κ2) is 10.4. The van der Waals surface area contributed by atoms with E-state index in [9.17, 15) is 13.2 Å². The van der Waals surface area contributed by atoms with E-state index in [1.807, 2.05) is 0 Å². The summed E-state index contributed by atoms with van der Waals surface area (Å²) >= 11 is 6.12. The molecule has 0 unspecified atom stereocenters. The van der Waals surface area contributed by atoms with Gasteiger partial charge in [-0.15, -0.1) is 0 Å². The highest BCUT2D eigenvalue weighted by atomic mass is 35.5. The van der Waals surface area contributed by atoms with Gasteiger partial charge in [-0.2, -0.15) is 4.31 Å². The number of halogens is 1. The molecule has 2 aromatic rings. The number of benzene rings is 2. The summed E-state index contributed by atoms with van der Waals surface area (Å²) in [6, 6.07) is 10.7. The number of likely N-dealkylation sites (N-methyl/N-ethyl adjacent to an activating group) is 1. The number of carbonyl (C=O) groups excluding carboxylic acids is 1. The molecule has 0 saturated heterocycles. The highest BCUT2D eigenvalue weighted by molar-refractivity contribution is 7.89. The molecule has 8 nitrogen and oxygen atoms in total. The average molecular weight is 483 g/mol. The Hall–Kier alpha value is -2.49. The zero-order valence-electron chi connectivity index (χ0n) is 18.8. The predicted octanol–water partition coefficient (Wildman–Crippen LogP) is 3.73. The van der Waals surface area contributed by atoms with Gasteiger partial charge in [-0.25, -0.2) is 8.42 Å². The molecule has 0 saturated carbocycles. The highest BCUT2D eigenvalue weighted by Gasteiger charge is 2.29. The summed E-state index contributed by atoms with van der Waals surface area (Å²) in [5.41, 5.74) is 12.2. The van der Waals surface area contributed by atoms with Crippen LogP contribution in [0.15, 0.2) is 47.4 Å². The van der Waals surface area contributed by atoms with Crippen LogP contribution < -0.4 is 16.8 Å². The van der Waals surface area contributed by atoms with Crippen molar-refractivity contribution in [3.8, 4) is 0 Å². The van der Waals surface area contributed by atoms with Crippen molar-refractivity contribution in [3.05, 3.63) is 47.5 Å². The van der Waals surface area contributed by atoms with Gasteiger partial charge in [0, 0.05) is 18.8 Å². The van der Waals surface area contributed by atoms with Crippen molar-refractivity contribution in [1.29, 1.82) is 0 Å². The predicted molar refractivity (Wildman–Crippen MR) is 129 cm³/mol. The molecule has 10 heteroatoms. The fraction of sp³-hybridized carbons (Fsp3) is 0.409. The van der Waals surface area contributed by atoms with Crippen molar-refractivity contribution in [2.24, 2.45) is 0 Å². The third-order valence-corrected chi connectivity index (χ3v) is 6.86. The van der Waals surface area contributed by atoms with E-state index in [0.29, 0.717) is 16.4 Å². The van der Waals surface area contributed by atoms with Gasteiger partial charge in [0.25, 0.3) is 0 Å². The maximum absolute atomic E-state index is 13.2. The van der Waals surface area contributed by atoms with Gasteiger partial charge in [-0.05, 0) is 51.1 Å². The molecule has 0 heterocycles. The molecule has 0 bridgehead atoms. The van der Waals surface area contributed by atoms with Crippen LogP contribution in [0.2, 0.25) is 5.02 Å². The molecule has 176 valence electrons. The Bertz CT molecular complexity index is 1050. The summed E-state index contributed by atoms with van der Waals surface area (Å²) in [7, 11) is -3.88. The van der Waals surface area contributed by atoms with Crippen molar-refractivity contribution in [2.75, 3.05) is 29.9 Å². The van der Waals surface area contributed by atoms with Crippen LogP contribution in [0.1, 0.15) is 34.1 Å². The third kappa shape index (κ3) is 7.01. The van der Waals surface area contributed by atoms with Crippen molar-refractivity contribution >= 4 is 44.7 Å². The fourth-order valence-corrected chi connectivity index (χ4v) is 4.89. The minimum Gasteiger partial charge on any atom is -0.460 e. The molecule has 2 rings (SSSR count). The van der Waals surface area contributed by atoms with Gasteiger partial charge in [-0.1, -0.05) is 30.7 Å². The van der Waals surface area contributed by atoms with Crippen LogP contribution in [0.3, 0.4) is 0 Å². The molecule has 0 spiro atoms. The van der Waals surface area contributed by atoms with Crippen molar-refractivity contribution in [3.63, 3.8) is 0 Å². The lowest BCUT2D eigenvalue weighted by atomic mass is 10.1. The molecule has 0 amide bonds. The lowest BCUT2D eigenvalue weighted by Crippen LogP contribution is -2.42. The van der Waals surface area contributed by atoms with Gasteiger partial charge >= 0.3 is 5.97 Å². The van der Waals surface area contributed by atoms with E-state index in [-0.39, 0.29) is 30.1 Å². The first kappa shape index (κ1) is 25.8. The maximum Gasteiger partial charge on any atom is 0.308 e. The standard InChI is InChI=1S/C22H31ClN4O4S/c1-5-27(32(29,30)20-9-7-6-8-19(20)25)14-16(13-21(28)31-22(2,3)4)26-15-10-11-18(24)17(23)12-15/h6-12,16,26H,5,13-14,24-25H2,1-4H3/t16-/m0/s1. The van der Waals surface area contributed by atoms with Crippen LogP contribution in [0.25, 0.3) is 0 Å². The smallest absolute Gasteiger partial charge is 0.308 e. The van der Waals surface area contributed by atoms with Crippen LogP contribution in [-0.2, 0) is 19.6 Å². The first-order chi connectivity index (χ1) is 14.8. The van der Waals surface area contributed by atoms with Crippen LogP contribution in [-0.4, -0.2) is 43.4 Å².